The van der Waals surface area contributed by atoms with E-state index < -0.39 is 28.5 Å². The molecule has 1 radical (unpaired) electrons. The van der Waals surface area contributed by atoms with Crippen LogP contribution in [0.15, 0.2) is 121 Å². The first kappa shape index (κ1) is 34.4. The molecular formula is C24H28B4LiO8. The van der Waals surface area contributed by atoms with Crippen LogP contribution in [-0.4, -0.2) is 87.5 Å². The molecule has 0 aliphatic rings. The Hall–Kier alpha value is -2.58. The first-order chi connectivity index (χ1) is 17.2. The zero-order chi connectivity index (χ0) is 26.8. The summed E-state index contributed by atoms with van der Waals surface area (Å²) >= 11 is 0. The maximum Gasteiger partial charge on any atom is 0.488 e. The van der Waals surface area contributed by atoms with Crippen molar-refractivity contribution in [2.75, 3.05) is 0 Å². The molecule has 0 atom stereocenters. The Bertz CT molecular complexity index is 875. The van der Waals surface area contributed by atoms with Gasteiger partial charge in [0.15, 0.2) is 0 Å². The second-order valence-electron chi connectivity index (χ2n) is 7.14. The minimum absolute atomic E-state index is 0. The number of rotatable bonds is 4. The molecule has 0 saturated heterocycles. The maximum absolute atomic E-state index is 8.58. The summed E-state index contributed by atoms with van der Waals surface area (Å²) in [7, 11) is -5.37. The van der Waals surface area contributed by atoms with E-state index in [-0.39, 0.29) is 18.9 Å². The molecule has 0 fully saturated rings. The largest absolute Gasteiger partial charge is 0.488 e. The van der Waals surface area contributed by atoms with Gasteiger partial charge in [0.1, 0.15) is 0 Å². The van der Waals surface area contributed by atoms with Crippen molar-refractivity contribution < 1.29 is 40.2 Å². The summed E-state index contributed by atoms with van der Waals surface area (Å²) in [5.74, 6) is 0. The van der Waals surface area contributed by atoms with Crippen LogP contribution in [0.1, 0.15) is 0 Å². The van der Waals surface area contributed by atoms with Gasteiger partial charge >= 0.3 is 28.5 Å². The van der Waals surface area contributed by atoms with Crippen molar-refractivity contribution >= 4 is 69.2 Å². The Kier molecular flexibility index (Phi) is 19.0. The van der Waals surface area contributed by atoms with Gasteiger partial charge in [-0.25, -0.2) is 0 Å². The molecule has 0 spiro atoms. The summed E-state index contributed by atoms with van der Waals surface area (Å²) < 4.78 is 0. The van der Waals surface area contributed by atoms with Crippen LogP contribution in [0.3, 0.4) is 0 Å². The average Bonchev–Trinajstić information content (AvgIpc) is 2.92. The molecule has 0 aliphatic carbocycles. The van der Waals surface area contributed by atoms with Gasteiger partial charge in [0.25, 0.3) is 0 Å². The molecule has 8 N–H and O–H groups in total. The van der Waals surface area contributed by atoms with Crippen LogP contribution < -0.4 is 21.9 Å². The van der Waals surface area contributed by atoms with Gasteiger partial charge in [-0.3, -0.25) is 0 Å². The van der Waals surface area contributed by atoms with Crippen LogP contribution >= 0.6 is 0 Å². The van der Waals surface area contributed by atoms with Crippen LogP contribution in [0.4, 0.5) is 0 Å². The molecule has 185 valence electrons. The Morgan fingerprint density at radius 1 is 0.270 bits per heavy atom. The van der Waals surface area contributed by atoms with Crippen molar-refractivity contribution in [3.8, 4) is 0 Å². The fourth-order valence-corrected chi connectivity index (χ4v) is 2.50. The van der Waals surface area contributed by atoms with Gasteiger partial charge in [0.2, 0.25) is 0 Å². The summed E-state index contributed by atoms with van der Waals surface area (Å²) in [5.41, 5.74) is 2.10. The Morgan fingerprint density at radius 3 is 0.486 bits per heavy atom. The third kappa shape index (κ3) is 16.0. The van der Waals surface area contributed by atoms with Crippen LogP contribution in [0.2, 0.25) is 0 Å². The second-order valence-corrected chi connectivity index (χ2v) is 7.14. The number of hydrogen-bond donors (Lipinski definition) is 8. The first-order valence-corrected chi connectivity index (χ1v) is 10.9. The van der Waals surface area contributed by atoms with Gasteiger partial charge in [-0.2, -0.15) is 0 Å². The van der Waals surface area contributed by atoms with Crippen molar-refractivity contribution in [3.63, 3.8) is 0 Å². The predicted octanol–water partition coefficient (Wildman–Crippen LogP) is -2.92. The molecule has 4 rings (SSSR count). The van der Waals surface area contributed by atoms with Gasteiger partial charge in [0, 0.05) is 18.9 Å². The minimum Gasteiger partial charge on any atom is -0.423 e. The van der Waals surface area contributed by atoms with E-state index in [9.17, 15) is 0 Å². The molecule has 0 aliphatic heterocycles. The fourth-order valence-electron chi connectivity index (χ4n) is 2.50. The molecule has 0 bridgehead atoms. The Balaban J connectivity index is 0.000000463. The number of benzene rings is 4. The topological polar surface area (TPSA) is 162 Å². The van der Waals surface area contributed by atoms with Gasteiger partial charge in [-0.15, -0.1) is 0 Å². The summed E-state index contributed by atoms with van der Waals surface area (Å²) in [5, 5.41) is 68.6. The van der Waals surface area contributed by atoms with Crippen molar-refractivity contribution in [1.82, 2.24) is 0 Å². The Morgan fingerprint density at radius 2 is 0.405 bits per heavy atom. The quantitative estimate of drug-likeness (QED) is 0.140. The van der Waals surface area contributed by atoms with Crippen LogP contribution in [0.5, 0.6) is 0 Å². The van der Waals surface area contributed by atoms with Crippen LogP contribution in [0, 0.1) is 0 Å². The minimum atomic E-state index is -1.34. The Labute approximate surface area is 230 Å². The zero-order valence-corrected chi connectivity index (χ0v) is 20.4. The van der Waals surface area contributed by atoms with E-state index in [2.05, 4.69) is 0 Å². The monoisotopic (exact) mass is 495 g/mol. The van der Waals surface area contributed by atoms with E-state index in [1.807, 2.05) is 24.3 Å². The smallest absolute Gasteiger partial charge is 0.423 e. The third-order valence-corrected chi connectivity index (χ3v) is 4.39. The molecule has 37 heavy (non-hydrogen) atoms. The molecule has 4 aromatic carbocycles. The number of hydrogen-bond acceptors (Lipinski definition) is 8. The summed E-state index contributed by atoms with van der Waals surface area (Å²) in [6, 6.07) is 34.6. The van der Waals surface area contributed by atoms with Gasteiger partial charge < -0.3 is 40.2 Å². The van der Waals surface area contributed by atoms with Crippen molar-refractivity contribution in [2.45, 2.75) is 0 Å². The zero-order valence-electron chi connectivity index (χ0n) is 20.4. The van der Waals surface area contributed by atoms with E-state index >= 15 is 0 Å². The molecule has 0 amide bonds. The van der Waals surface area contributed by atoms with Crippen molar-refractivity contribution in [1.29, 1.82) is 0 Å². The van der Waals surface area contributed by atoms with E-state index in [0.717, 1.165) is 0 Å². The van der Waals surface area contributed by atoms with Crippen LogP contribution in [0.25, 0.3) is 0 Å². The molecule has 0 saturated carbocycles. The summed E-state index contributed by atoms with van der Waals surface area (Å²) in [4.78, 5) is 0. The molecule has 0 unspecified atom stereocenters. The second kappa shape index (κ2) is 20.5. The first-order valence-electron chi connectivity index (χ1n) is 10.9. The van der Waals surface area contributed by atoms with Crippen molar-refractivity contribution in [3.05, 3.63) is 121 Å². The molecule has 8 nitrogen and oxygen atoms in total. The molecule has 0 heterocycles. The molecule has 4 aromatic rings. The van der Waals surface area contributed by atoms with Crippen LogP contribution in [-0.2, 0) is 0 Å². The van der Waals surface area contributed by atoms with Gasteiger partial charge in [0.05, 0.1) is 0 Å². The predicted molar refractivity (Wildman–Crippen MR) is 151 cm³/mol. The standard InChI is InChI=1S/4C6H7BO2.Li/c4*8-7(9)6-4-2-1-3-5-6;/h4*1-5,8-9H;. The molecule has 13 heteroatoms. The molecular weight excluding hydrogens is 466 g/mol. The fraction of sp³-hybridized carbons (Fsp3) is 0. The normalized spacial score (nSPS) is 8.86. The average molecular weight is 495 g/mol. The van der Waals surface area contributed by atoms with Crippen molar-refractivity contribution in [2.24, 2.45) is 0 Å². The third-order valence-electron chi connectivity index (χ3n) is 4.39. The molecule has 0 aromatic heterocycles. The SMILES string of the molecule is OB(O)c1ccccc1.OB(O)c1ccccc1.OB(O)c1ccccc1.OB(O)c1ccccc1.[Li]. The van der Waals surface area contributed by atoms with E-state index in [1.54, 1.807) is 97.1 Å². The summed E-state index contributed by atoms with van der Waals surface area (Å²) in [6.45, 7) is 0. The maximum atomic E-state index is 8.58. The van der Waals surface area contributed by atoms with E-state index in [1.165, 1.54) is 0 Å². The van der Waals surface area contributed by atoms with E-state index in [4.69, 9.17) is 40.2 Å². The summed E-state index contributed by atoms with van der Waals surface area (Å²) in [6.07, 6.45) is 0. The van der Waals surface area contributed by atoms with E-state index in [0.29, 0.717) is 21.9 Å². The van der Waals surface area contributed by atoms with Gasteiger partial charge in [-0.05, 0) is 21.9 Å². The van der Waals surface area contributed by atoms with Gasteiger partial charge in [-0.1, -0.05) is 121 Å².